The van der Waals surface area contributed by atoms with Crippen LogP contribution in [-0.4, -0.2) is 66.1 Å². The molecule has 8 nitrogen and oxygen atoms in total. The van der Waals surface area contributed by atoms with Gasteiger partial charge in [-0.15, -0.1) is 0 Å². The molecule has 1 aliphatic heterocycles. The van der Waals surface area contributed by atoms with Gasteiger partial charge in [-0.25, -0.2) is 0 Å². The molecule has 0 unspecified atom stereocenters. The summed E-state index contributed by atoms with van der Waals surface area (Å²) >= 11 is 0. The number of hydrogen-bond acceptors (Lipinski definition) is 4. The first-order valence-electron chi connectivity index (χ1n) is 11.3. The maximum absolute atomic E-state index is 13.5. The topological polar surface area (TPSA) is 98.8 Å². The van der Waals surface area contributed by atoms with Crippen molar-refractivity contribution < 1.29 is 23.3 Å². The monoisotopic (exact) mass is 417 g/mol. The third-order valence-electron chi connectivity index (χ3n) is 4.87. The molecule has 30 heavy (non-hydrogen) atoms. The summed E-state index contributed by atoms with van der Waals surface area (Å²) in [5.74, 6) is -3.05. The molecule has 1 aromatic carbocycles. The SMILES string of the molecule is [2H]C([2H])([2H])N1C(=O)[C@H](CC(C)C)NC(=O)[C@H](C)N(C)C(=O)CNC(=O)/C1=C/c1ccccc1. The van der Waals surface area contributed by atoms with E-state index < -0.39 is 54.9 Å². The van der Waals surface area contributed by atoms with Crippen LogP contribution >= 0.6 is 0 Å². The van der Waals surface area contributed by atoms with Crippen LogP contribution in [-0.2, 0) is 19.2 Å². The van der Waals surface area contributed by atoms with E-state index in [0.717, 1.165) is 4.90 Å². The molecular formula is C22H30N4O4. The van der Waals surface area contributed by atoms with Gasteiger partial charge in [-0.2, -0.15) is 0 Å². The Hall–Kier alpha value is -3.16. The highest BCUT2D eigenvalue weighted by molar-refractivity contribution is 6.04. The number of nitrogens with one attached hydrogen (secondary N) is 2. The first-order chi connectivity index (χ1) is 15.3. The van der Waals surface area contributed by atoms with E-state index in [1.807, 2.05) is 13.8 Å². The van der Waals surface area contributed by atoms with Crippen molar-refractivity contribution in [2.24, 2.45) is 5.92 Å². The van der Waals surface area contributed by atoms with Crippen molar-refractivity contribution >= 4 is 29.7 Å². The normalized spacial score (nSPS) is 25.1. The molecule has 1 saturated heterocycles. The number of carbonyl (C=O) groups is 4. The minimum atomic E-state index is -3.02. The first-order valence-corrected chi connectivity index (χ1v) is 9.78. The Morgan fingerprint density at radius 1 is 1.20 bits per heavy atom. The predicted octanol–water partition coefficient (Wildman–Crippen LogP) is 0.994. The fraction of sp³-hybridized carbons (Fsp3) is 0.455. The molecule has 0 saturated carbocycles. The molecule has 1 aromatic rings. The molecule has 4 amide bonds. The van der Waals surface area contributed by atoms with Crippen LogP contribution in [0.3, 0.4) is 0 Å². The average molecular weight is 418 g/mol. The van der Waals surface area contributed by atoms with Gasteiger partial charge < -0.3 is 20.4 Å². The highest BCUT2D eigenvalue weighted by atomic mass is 16.2. The van der Waals surface area contributed by atoms with Gasteiger partial charge in [0, 0.05) is 18.1 Å². The number of hydrogen-bond donors (Lipinski definition) is 2. The van der Waals surface area contributed by atoms with E-state index in [1.165, 1.54) is 20.0 Å². The number of benzene rings is 1. The van der Waals surface area contributed by atoms with Crippen molar-refractivity contribution in [3.05, 3.63) is 41.6 Å². The maximum atomic E-state index is 13.5. The Morgan fingerprint density at radius 3 is 2.47 bits per heavy atom. The second-order valence-electron chi connectivity index (χ2n) is 7.67. The van der Waals surface area contributed by atoms with Gasteiger partial charge >= 0.3 is 0 Å². The zero-order valence-electron chi connectivity index (χ0n) is 20.6. The third kappa shape index (κ3) is 5.68. The fourth-order valence-electron chi connectivity index (χ4n) is 2.96. The van der Waals surface area contributed by atoms with Crippen molar-refractivity contribution in [3.8, 4) is 0 Å². The second kappa shape index (κ2) is 10.0. The summed E-state index contributed by atoms with van der Waals surface area (Å²) in [6, 6.07) is 6.29. The maximum Gasteiger partial charge on any atom is 0.268 e. The molecule has 0 aromatic heterocycles. The van der Waals surface area contributed by atoms with Crippen LogP contribution in [0.25, 0.3) is 6.08 Å². The summed E-state index contributed by atoms with van der Waals surface area (Å²) < 4.78 is 24.0. The van der Waals surface area contributed by atoms with Crippen LogP contribution < -0.4 is 10.6 Å². The lowest BCUT2D eigenvalue weighted by molar-refractivity contribution is -0.142. The Kier molecular flexibility index (Phi) is 6.31. The molecule has 0 radical (unpaired) electrons. The quantitative estimate of drug-likeness (QED) is 0.717. The van der Waals surface area contributed by atoms with Crippen molar-refractivity contribution in [2.75, 3.05) is 20.6 Å². The summed E-state index contributed by atoms with van der Waals surface area (Å²) in [7, 11) is 1.42. The molecule has 1 heterocycles. The van der Waals surface area contributed by atoms with E-state index in [0.29, 0.717) is 10.5 Å². The van der Waals surface area contributed by atoms with E-state index in [-0.39, 0.29) is 12.3 Å². The largest absolute Gasteiger partial charge is 0.342 e. The van der Waals surface area contributed by atoms with Crippen molar-refractivity contribution in [1.82, 2.24) is 20.4 Å². The van der Waals surface area contributed by atoms with Crippen LogP contribution in [0.5, 0.6) is 0 Å². The molecule has 0 bridgehead atoms. The minimum Gasteiger partial charge on any atom is -0.342 e. The zero-order chi connectivity index (χ0) is 24.9. The highest BCUT2D eigenvalue weighted by Gasteiger charge is 2.32. The van der Waals surface area contributed by atoms with Gasteiger partial charge in [-0.1, -0.05) is 44.2 Å². The summed E-state index contributed by atoms with van der Waals surface area (Å²) in [5, 5.41) is 4.98. The van der Waals surface area contributed by atoms with Gasteiger partial charge in [-0.05, 0) is 30.9 Å². The summed E-state index contributed by atoms with van der Waals surface area (Å²) in [6.45, 7) is 1.63. The highest BCUT2D eigenvalue weighted by Crippen LogP contribution is 2.15. The minimum absolute atomic E-state index is 0.0735. The smallest absolute Gasteiger partial charge is 0.268 e. The lowest BCUT2D eigenvalue weighted by Crippen LogP contribution is -2.56. The number of nitrogens with zero attached hydrogens (tertiary/aromatic N) is 2. The summed E-state index contributed by atoms with van der Waals surface area (Å²) in [5.41, 5.74) is 0.0385. The van der Waals surface area contributed by atoms with Gasteiger partial charge in [0.2, 0.25) is 17.7 Å². The van der Waals surface area contributed by atoms with E-state index in [1.54, 1.807) is 30.3 Å². The molecular weight excluding hydrogens is 384 g/mol. The molecule has 0 aliphatic carbocycles. The lowest BCUT2D eigenvalue weighted by atomic mass is 10.0. The molecule has 2 N–H and O–H groups in total. The van der Waals surface area contributed by atoms with Gasteiger partial charge in [0.1, 0.15) is 17.8 Å². The summed E-state index contributed by atoms with van der Waals surface area (Å²) in [6.07, 6.45) is 1.41. The Bertz CT molecular complexity index is 931. The third-order valence-corrected chi connectivity index (χ3v) is 4.87. The average Bonchev–Trinajstić information content (AvgIpc) is 2.73. The lowest BCUT2D eigenvalue weighted by Gasteiger charge is -2.31. The first kappa shape index (κ1) is 18.8. The van der Waals surface area contributed by atoms with Gasteiger partial charge in [0.05, 0.1) is 6.54 Å². The number of carbonyl (C=O) groups excluding carboxylic acids is 4. The van der Waals surface area contributed by atoms with Crippen molar-refractivity contribution in [2.45, 2.75) is 39.3 Å². The van der Waals surface area contributed by atoms with Crippen LogP contribution in [0.15, 0.2) is 36.0 Å². The van der Waals surface area contributed by atoms with Crippen molar-refractivity contribution in [3.63, 3.8) is 0 Å². The molecule has 8 heteroatoms. The fourth-order valence-corrected chi connectivity index (χ4v) is 2.96. The molecule has 162 valence electrons. The standard InChI is InChI=1S/C22H30N4O4/c1-14(2)11-17-22(30)26(5)18(12-16-9-7-6-8-10-16)21(29)23-13-19(27)25(4)15(3)20(28)24-17/h6-10,12,14-15,17H,11,13H2,1-5H3,(H,23,29)(H,24,28)/b18-12-/t15-,17-/m0/s1/i5D3. The predicted molar refractivity (Wildman–Crippen MR) is 114 cm³/mol. The molecule has 2 atom stereocenters. The zero-order valence-corrected chi connectivity index (χ0v) is 17.6. The number of likely N-dealkylation sites (N-methyl/N-ethyl adjacent to an activating group) is 2. The van der Waals surface area contributed by atoms with E-state index in [4.69, 9.17) is 4.11 Å². The van der Waals surface area contributed by atoms with Gasteiger partial charge in [0.15, 0.2) is 0 Å². The van der Waals surface area contributed by atoms with Crippen LogP contribution in [0.4, 0.5) is 0 Å². The van der Waals surface area contributed by atoms with Crippen LogP contribution in [0.1, 0.15) is 36.9 Å². The number of amides is 4. The van der Waals surface area contributed by atoms with E-state index >= 15 is 0 Å². The summed E-state index contributed by atoms with van der Waals surface area (Å²) in [4.78, 5) is 53.5. The second-order valence-corrected chi connectivity index (χ2v) is 7.67. The Labute approximate surface area is 181 Å². The molecule has 1 fully saturated rings. The Balaban J connectivity index is 2.68. The number of rotatable bonds is 3. The molecule has 0 spiro atoms. The van der Waals surface area contributed by atoms with Gasteiger partial charge in [0.25, 0.3) is 5.91 Å². The van der Waals surface area contributed by atoms with Crippen molar-refractivity contribution in [1.29, 1.82) is 0 Å². The van der Waals surface area contributed by atoms with E-state index in [9.17, 15) is 19.2 Å². The van der Waals surface area contributed by atoms with E-state index in [2.05, 4.69) is 10.6 Å². The molecule has 2 rings (SSSR count). The van der Waals surface area contributed by atoms with Gasteiger partial charge in [-0.3, -0.25) is 19.2 Å². The van der Waals surface area contributed by atoms with Crippen LogP contribution in [0.2, 0.25) is 0 Å². The van der Waals surface area contributed by atoms with Crippen LogP contribution in [0, 0.1) is 5.92 Å². The Morgan fingerprint density at radius 2 is 1.87 bits per heavy atom. The molecule has 1 aliphatic rings.